The maximum Gasteiger partial charge on any atom is 0.0569 e. The highest BCUT2D eigenvalue weighted by Gasteiger charge is 2.11. The van der Waals surface area contributed by atoms with E-state index in [1.54, 1.807) is 0 Å². The van der Waals surface area contributed by atoms with Gasteiger partial charge in [-0.25, -0.2) is 0 Å². The molecule has 0 fully saturated rings. The van der Waals surface area contributed by atoms with E-state index < -0.39 is 0 Å². The van der Waals surface area contributed by atoms with Gasteiger partial charge in [0.2, 0.25) is 0 Å². The first kappa shape index (κ1) is 13.0. The van der Waals surface area contributed by atoms with Gasteiger partial charge >= 0.3 is 0 Å². The molecule has 0 aliphatic heterocycles. The molecular formula is C13H23N3. The average Bonchev–Trinajstić information content (AvgIpc) is 2.30. The summed E-state index contributed by atoms with van der Waals surface area (Å²) in [6.07, 6.45) is 3.07. The van der Waals surface area contributed by atoms with Gasteiger partial charge in [0.15, 0.2) is 0 Å². The summed E-state index contributed by atoms with van der Waals surface area (Å²) in [5.74, 6) is 0. The zero-order valence-electron chi connectivity index (χ0n) is 10.8. The van der Waals surface area contributed by atoms with Crippen molar-refractivity contribution >= 4 is 5.69 Å². The highest BCUT2D eigenvalue weighted by Crippen LogP contribution is 2.18. The number of hydrogen-bond donors (Lipinski definition) is 1. The quantitative estimate of drug-likeness (QED) is 0.831. The first-order chi connectivity index (χ1) is 7.60. The minimum Gasteiger partial charge on any atom is -0.368 e. The van der Waals surface area contributed by atoms with E-state index in [0.717, 1.165) is 18.7 Å². The lowest BCUT2D eigenvalue weighted by Crippen LogP contribution is -2.32. The molecule has 0 aliphatic carbocycles. The number of nitrogens with zero attached hydrogens (tertiary/aromatic N) is 2. The topological polar surface area (TPSA) is 42.1 Å². The fraction of sp³-hybridized carbons (Fsp3) is 0.615. The zero-order chi connectivity index (χ0) is 12.1. The van der Waals surface area contributed by atoms with E-state index in [1.165, 1.54) is 5.69 Å². The van der Waals surface area contributed by atoms with Crippen LogP contribution in [0, 0.1) is 0 Å². The lowest BCUT2D eigenvalue weighted by molar-refractivity contribution is 0.628. The Bertz CT molecular complexity index is 305. The molecule has 2 unspecified atom stereocenters. The van der Waals surface area contributed by atoms with Gasteiger partial charge in [-0.3, -0.25) is 4.98 Å². The van der Waals surface area contributed by atoms with Crippen molar-refractivity contribution in [1.82, 2.24) is 4.98 Å². The van der Waals surface area contributed by atoms with E-state index in [0.29, 0.717) is 6.04 Å². The summed E-state index contributed by atoms with van der Waals surface area (Å²) in [4.78, 5) is 6.76. The third-order valence-electron chi connectivity index (χ3n) is 3.03. The van der Waals surface area contributed by atoms with Crippen molar-refractivity contribution in [2.24, 2.45) is 5.73 Å². The van der Waals surface area contributed by atoms with E-state index in [2.05, 4.69) is 36.7 Å². The number of nitrogens with two attached hydrogens (primary N) is 1. The maximum absolute atomic E-state index is 5.78. The van der Waals surface area contributed by atoms with Gasteiger partial charge in [-0.1, -0.05) is 6.92 Å². The molecular weight excluding hydrogens is 198 g/mol. The number of hydrogen-bond acceptors (Lipinski definition) is 3. The minimum absolute atomic E-state index is 0.00715. The lowest BCUT2D eigenvalue weighted by Gasteiger charge is -2.29. The van der Waals surface area contributed by atoms with Crippen LogP contribution in [0.2, 0.25) is 0 Å². The number of pyridine rings is 1. The summed E-state index contributed by atoms with van der Waals surface area (Å²) in [5, 5.41) is 0. The van der Waals surface area contributed by atoms with E-state index in [-0.39, 0.29) is 6.04 Å². The summed E-state index contributed by atoms with van der Waals surface area (Å²) < 4.78 is 0. The Morgan fingerprint density at radius 3 is 2.38 bits per heavy atom. The largest absolute Gasteiger partial charge is 0.368 e. The third-order valence-corrected chi connectivity index (χ3v) is 3.03. The molecule has 3 nitrogen and oxygen atoms in total. The van der Waals surface area contributed by atoms with Crippen molar-refractivity contribution in [3.05, 3.63) is 24.0 Å². The van der Waals surface area contributed by atoms with Crippen molar-refractivity contribution in [2.75, 3.05) is 11.4 Å². The standard InChI is InChI=1S/C13H23N3/c1-5-10(3)16(6-2)12-7-8-13(11(4)14)15-9-12/h7-11H,5-6,14H2,1-4H3. The smallest absolute Gasteiger partial charge is 0.0569 e. The van der Waals surface area contributed by atoms with Crippen LogP contribution in [0.3, 0.4) is 0 Å². The zero-order valence-corrected chi connectivity index (χ0v) is 10.8. The molecule has 0 bridgehead atoms. The third kappa shape index (κ3) is 2.95. The van der Waals surface area contributed by atoms with Crippen LogP contribution >= 0.6 is 0 Å². The Hall–Kier alpha value is -1.09. The Labute approximate surface area is 98.7 Å². The van der Waals surface area contributed by atoms with Gasteiger partial charge in [-0.05, 0) is 39.3 Å². The van der Waals surface area contributed by atoms with Crippen molar-refractivity contribution in [3.8, 4) is 0 Å². The normalized spacial score (nSPS) is 14.6. The summed E-state index contributed by atoms with van der Waals surface area (Å²) in [6.45, 7) is 9.58. The molecule has 0 aliphatic rings. The monoisotopic (exact) mass is 221 g/mol. The predicted octanol–water partition coefficient (Wildman–Crippen LogP) is 2.73. The van der Waals surface area contributed by atoms with Crippen molar-refractivity contribution in [1.29, 1.82) is 0 Å². The van der Waals surface area contributed by atoms with Gasteiger partial charge in [-0.2, -0.15) is 0 Å². The molecule has 2 N–H and O–H groups in total. The Kier molecular flexibility index (Phi) is 4.74. The molecule has 3 heteroatoms. The molecule has 0 aromatic carbocycles. The molecule has 0 radical (unpaired) electrons. The van der Waals surface area contributed by atoms with Crippen LogP contribution in [0.5, 0.6) is 0 Å². The van der Waals surface area contributed by atoms with E-state index in [1.807, 2.05) is 19.2 Å². The molecule has 2 atom stereocenters. The van der Waals surface area contributed by atoms with Crippen LogP contribution in [0.25, 0.3) is 0 Å². The number of anilines is 1. The lowest BCUT2D eigenvalue weighted by atomic mass is 10.2. The second kappa shape index (κ2) is 5.85. The molecule has 0 saturated heterocycles. The molecule has 0 amide bonds. The van der Waals surface area contributed by atoms with Crippen LogP contribution in [-0.4, -0.2) is 17.6 Å². The van der Waals surface area contributed by atoms with E-state index in [4.69, 9.17) is 5.73 Å². The van der Waals surface area contributed by atoms with Crippen LogP contribution in [0.4, 0.5) is 5.69 Å². The Morgan fingerprint density at radius 1 is 1.31 bits per heavy atom. The van der Waals surface area contributed by atoms with Gasteiger partial charge in [0, 0.05) is 18.6 Å². The van der Waals surface area contributed by atoms with Crippen LogP contribution in [0.1, 0.15) is 45.9 Å². The molecule has 90 valence electrons. The summed E-state index contributed by atoms with van der Waals surface area (Å²) in [5.41, 5.74) is 7.91. The van der Waals surface area contributed by atoms with Crippen molar-refractivity contribution in [2.45, 2.75) is 46.2 Å². The molecule has 1 rings (SSSR count). The predicted molar refractivity (Wildman–Crippen MR) is 69.6 cm³/mol. The molecule has 1 aromatic heterocycles. The van der Waals surface area contributed by atoms with Crippen molar-refractivity contribution < 1.29 is 0 Å². The van der Waals surface area contributed by atoms with Crippen molar-refractivity contribution in [3.63, 3.8) is 0 Å². The number of rotatable bonds is 5. The highest BCUT2D eigenvalue weighted by molar-refractivity contribution is 5.45. The fourth-order valence-corrected chi connectivity index (χ4v) is 1.81. The first-order valence-corrected chi connectivity index (χ1v) is 6.08. The summed E-state index contributed by atoms with van der Waals surface area (Å²) in [6, 6.07) is 4.69. The van der Waals surface area contributed by atoms with Crippen LogP contribution < -0.4 is 10.6 Å². The second-order valence-electron chi connectivity index (χ2n) is 4.27. The molecule has 0 spiro atoms. The number of aromatic nitrogens is 1. The second-order valence-corrected chi connectivity index (χ2v) is 4.27. The van der Waals surface area contributed by atoms with E-state index >= 15 is 0 Å². The molecule has 1 heterocycles. The van der Waals surface area contributed by atoms with E-state index in [9.17, 15) is 0 Å². The highest BCUT2D eigenvalue weighted by atomic mass is 15.2. The molecule has 0 saturated carbocycles. The molecule has 1 aromatic rings. The Balaban J connectivity index is 2.86. The maximum atomic E-state index is 5.78. The van der Waals surface area contributed by atoms with Gasteiger partial charge in [0.1, 0.15) is 0 Å². The minimum atomic E-state index is 0.00715. The van der Waals surface area contributed by atoms with Crippen LogP contribution in [0.15, 0.2) is 18.3 Å². The Morgan fingerprint density at radius 2 is 2.00 bits per heavy atom. The van der Waals surface area contributed by atoms with Gasteiger partial charge < -0.3 is 10.6 Å². The summed E-state index contributed by atoms with van der Waals surface area (Å²) in [7, 11) is 0. The van der Waals surface area contributed by atoms with Crippen LogP contribution in [-0.2, 0) is 0 Å². The molecule has 16 heavy (non-hydrogen) atoms. The van der Waals surface area contributed by atoms with Gasteiger partial charge in [0.25, 0.3) is 0 Å². The fourth-order valence-electron chi connectivity index (χ4n) is 1.81. The average molecular weight is 221 g/mol. The summed E-state index contributed by atoms with van der Waals surface area (Å²) >= 11 is 0. The SMILES string of the molecule is CCC(C)N(CC)c1ccc(C(C)N)nc1. The van der Waals surface area contributed by atoms with Gasteiger partial charge in [0.05, 0.1) is 17.6 Å². The first-order valence-electron chi connectivity index (χ1n) is 6.08. The van der Waals surface area contributed by atoms with Gasteiger partial charge in [-0.15, -0.1) is 0 Å².